The van der Waals surface area contributed by atoms with Gasteiger partial charge in [0.1, 0.15) is 0 Å². The first-order valence-electron chi connectivity index (χ1n) is 5.72. The van der Waals surface area contributed by atoms with Gasteiger partial charge in [-0.1, -0.05) is 6.07 Å². The molecule has 0 radical (unpaired) electrons. The van der Waals surface area contributed by atoms with E-state index in [0.29, 0.717) is 17.7 Å². The van der Waals surface area contributed by atoms with E-state index in [1.54, 1.807) is 12.1 Å². The molecule has 2 aliphatic rings. The molecule has 94 valence electrons. The Morgan fingerprint density at radius 3 is 3.11 bits per heavy atom. The Hall–Kier alpha value is -2.11. The molecule has 2 aliphatic heterocycles. The summed E-state index contributed by atoms with van der Waals surface area (Å²) >= 11 is 0. The zero-order valence-corrected chi connectivity index (χ0v) is 9.79. The average Bonchev–Trinajstić information content (AvgIpc) is 2.80. The largest absolute Gasteiger partial charge is 0.465 e. The van der Waals surface area contributed by atoms with Crippen LogP contribution in [0.15, 0.2) is 18.3 Å². The maximum atomic E-state index is 11.8. The van der Waals surface area contributed by atoms with Crippen molar-refractivity contribution in [2.75, 3.05) is 6.54 Å². The van der Waals surface area contributed by atoms with E-state index in [-0.39, 0.29) is 12.6 Å². The predicted molar refractivity (Wildman–Crippen MR) is 60.1 cm³/mol. The van der Waals surface area contributed by atoms with Gasteiger partial charge in [0, 0.05) is 24.2 Å². The molecule has 1 aromatic heterocycles. The van der Waals surface area contributed by atoms with Crippen LogP contribution in [-0.4, -0.2) is 39.6 Å². The van der Waals surface area contributed by atoms with Gasteiger partial charge in [0.2, 0.25) is 0 Å². The fourth-order valence-corrected chi connectivity index (χ4v) is 2.82. The van der Waals surface area contributed by atoms with Crippen LogP contribution in [0.5, 0.6) is 0 Å². The van der Waals surface area contributed by atoms with E-state index in [1.807, 2.05) is 6.92 Å². The van der Waals surface area contributed by atoms with Crippen molar-refractivity contribution in [3.8, 4) is 0 Å². The smallest absolute Gasteiger partial charge is 0.407 e. The zero-order valence-electron chi connectivity index (χ0n) is 9.79. The Bertz CT molecular complexity index is 545. The number of carbonyl (C=O) groups is 2. The maximum absolute atomic E-state index is 11.8. The van der Waals surface area contributed by atoms with Crippen molar-refractivity contribution < 1.29 is 19.4 Å². The number of carbonyl (C=O) groups excluding carboxylic acids is 1. The number of rotatable bonds is 0. The number of pyridine rings is 1. The van der Waals surface area contributed by atoms with E-state index in [9.17, 15) is 9.59 Å². The van der Waals surface area contributed by atoms with Crippen molar-refractivity contribution in [3.63, 3.8) is 0 Å². The molecule has 1 aromatic rings. The molecule has 1 spiro atoms. The summed E-state index contributed by atoms with van der Waals surface area (Å²) in [6.45, 7) is 1.99. The molecule has 0 saturated carbocycles. The van der Waals surface area contributed by atoms with E-state index in [1.165, 1.54) is 11.1 Å². The van der Waals surface area contributed by atoms with Gasteiger partial charge < -0.3 is 14.7 Å². The zero-order chi connectivity index (χ0) is 12.9. The lowest BCUT2D eigenvalue weighted by atomic mass is 9.92. The van der Waals surface area contributed by atoms with Crippen molar-refractivity contribution in [3.05, 3.63) is 29.6 Å². The van der Waals surface area contributed by atoms with Gasteiger partial charge in [0.25, 0.3) is 0 Å². The van der Waals surface area contributed by atoms with E-state index < -0.39 is 17.7 Å². The van der Waals surface area contributed by atoms with Crippen LogP contribution < -0.4 is 0 Å². The third-order valence-electron chi connectivity index (χ3n) is 3.61. The third kappa shape index (κ3) is 1.32. The minimum absolute atomic E-state index is 0.175. The Balaban J connectivity index is 2.05. The highest BCUT2D eigenvalue weighted by molar-refractivity contribution is 5.92. The van der Waals surface area contributed by atoms with E-state index in [2.05, 4.69) is 4.98 Å². The lowest BCUT2D eigenvalue weighted by Gasteiger charge is -2.22. The monoisotopic (exact) mass is 248 g/mol. The molecular formula is C12H12N2O4. The highest BCUT2D eigenvalue weighted by atomic mass is 16.6. The van der Waals surface area contributed by atoms with Gasteiger partial charge in [-0.3, -0.25) is 0 Å². The number of fused-ring (bicyclic) bond motifs is 2. The molecule has 0 aromatic carbocycles. The number of amides is 1. The van der Waals surface area contributed by atoms with E-state index in [4.69, 9.17) is 9.84 Å². The van der Waals surface area contributed by atoms with Crippen molar-refractivity contribution in [1.82, 2.24) is 9.88 Å². The summed E-state index contributed by atoms with van der Waals surface area (Å²) in [5, 5.41) is 9.11. The van der Waals surface area contributed by atoms with Crippen LogP contribution in [0, 0.1) is 0 Å². The maximum Gasteiger partial charge on any atom is 0.407 e. The van der Waals surface area contributed by atoms with Gasteiger partial charge in [-0.2, -0.15) is 0 Å². The van der Waals surface area contributed by atoms with Crippen LogP contribution in [-0.2, 0) is 10.3 Å². The highest BCUT2D eigenvalue weighted by Crippen LogP contribution is 2.44. The molecule has 18 heavy (non-hydrogen) atoms. The lowest BCUT2D eigenvalue weighted by molar-refractivity contribution is -0.00318. The standard InChI is InChI=1S/C12H12N2O4/c1-7-5-12(6-14(7)11(16)17)8-3-2-4-13-9(8)10(15)18-12/h2-4,7H,5-6H2,1H3,(H,16,17)/t7-,12?/m0/s1. The minimum Gasteiger partial charge on any atom is -0.465 e. The molecule has 3 rings (SSSR count). The Morgan fingerprint density at radius 1 is 1.67 bits per heavy atom. The highest BCUT2D eigenvalue weighted by Gasteiger charge is 2.54. The van der Waals surface area contributed by atoms with Crippen molar-refractivity contribution >= 4 is 12.1 Å². The van der Waals surface area contributed by atoms with Gasteiger partial charge >= 0.3 is 12.1 Å². The first-order chi connectivity index (χ1) is 8.53. The number of hydrogen-bond donors (Lipinski definition) is 1. The van der Waals surface area contributed by atoms with Crippen LogP contribution in [0.25, 0.3) is 0 Å². The summed E-state index contributed by atoms with van der Waals surface area (Å²) in [5.41, 5.74) is 0.154. The molecule has 0 bridgehead atoms. The molecule has 1 saturated heterocycles. The molecular weight excluding hydrogens is 236 g/mol. The summed E-state index contributed by atoms with van der Waals surface area (Å²) < 4.78 is 5.42. The molecule has 0 aliphatic carbocycles. The number of nitrogens with zero attached hydrogens (tertiary/aromatic N) is 2. The van der Waals surface area contributed by atoms with E-state index >= 15 is 0 Å². The van der Waals surface area contributed by atoms with Crippen molar-refractivity contribution in [1.29, 1.82) is 0 Å². The number of carboxylic acid groups (broad SMARTS) is 1. The van der Waals surface area contributed by atoms with Crippen LogP contribution in [0.3, 0.4) is 0 Å². The fraction of sp³-hybridized carbons (Fsp3) is 0.417. The van der Waals surface area contributed by atoms with Gasteiger partial charge in [-0.15, -0.1) is 0 Å². The van der Waals surface area contributed by atoms with Gasteiger partial charge in [0.05, 0.1) is 6.54 Å². The summed E-state index contributed by atoms with van der Waals surface area (Å²) in [7, 11) is 0. The number of aromatic nitrogens is 1. The van der Waals surface area contributed by atoms with Gasteiger partial charge in [0.15, 0.2) is 11.3 Å². The second-order valence-electron chi connectivity index (χ2n) is 4.75. The first-order valence-corrected chi connectivity index (χ1v) is 5.72. The minimum atomic E-state index is -0.993. The normalized spacial score (nSPS) is 29.5. The SMILES string of the molecule is C[C@H]1CC2(CN1C(=O)O)OC(=O)c1ncccc12. The first kappa shape index (κ1) is 11.0. The Labute approximate surface area is 103 Å². The number of esters is 1. The number of likely N-dealkylation sites (tertiary alicyclic amines) is 1. The second-order valence-corrected chi connectivity index (χ2v) is 4.75. The fourth-order valence-electron chi connectivity index (χ4n) is 2.82. The number of ether oxygens (including phenoxy) is 1. The van der Waals surface area contributed by atoms with E-state index in [0.717, 1.165) is 0 Å². The molecule has 1 amide bonds. The summed E-state index contributed by atoms with van der Waals surface area (Å²) in [6, 6.07) is 3.34. The molecule has 1 fully saturated rings. The summed E-state index contributed by atoms with van der Waals surface area (Å²) in [5.74, 6) is -0.468. The summed E-state index contributed by atoms with van der Waals surface area (Å²) in [6.07, 6.45) is 1.02. The predicted octanol–water partition coefficient (Wildman–Crippen LogP) is 1.22. The molecule has 1 unspecified atom stereocenters. The third-order valence-corrected chi connectivity index (χ3v) is 3.61. The van der Waals surface area contributed by atoms with Crippen LogP contribution in [0.4, 0.5) is 4.79 Å². The molecule has 6 heteroatoms. The van der Waals surface area contributed by atoms with Crippen LogP contribution >= 0.6 is 0 Å². The van der Waals surface area contributed by atoms with Crippen molar-refractivity contribution in [2.45, 2.75) is 25.0 Å². The van der Waals surface area contributed by atoms with Crippen molar-refractivity contribution in [2.24, 2.45) is 0 Å². The lowest BCUT2D eigenvalue weighted by Crippen LogP contribution is -2.35. The molecule has 3 heterocycles. The molecule has 6 nitrogen and oxygen atoms in total. The topological polar surface area (TPSA) is 79.7 Å². The average molecular weight is 248 g/mol. The Morgan fingerprint density at radius 2 is 2.44 bits per heavy atom. The van der Waals surface area contributed by atoms with Gasteiger partial charge in [-0.05, 0) is 13.0 Å². The van der Waals surface area contributed by atoms with Crippen LogP contribution in [0.2, 0.25) is 0 Å². The Kier molecular flexibility index (Phi) is 2.10. The van der Waals surface area contributed by atoms with Gasteiger partial charge in [-0.25, -0.2) is 14.6 Å². The quantitative estimate of drug-likeness (QED) is 0.698. The molecule has 1 N–H and O–H groups in total. The van der Waals surface area contributed by atoms with Crippen LogP contribution in [0.1, 0.15) is 29.4 Å². The second kappa shape index (κ2) is 3.44. The number of hydrogen-bond acceptors (Lipinski definition) is 4. The molecule has 2 atom stereocenters. The summed E-state index contributed by atoms with van der Waals surface area (Å²) in [4.78, 5) is 28.2.